The fourth-order valence-corrected chi connectivity index (χ4v) is 1.65. The lowest BCUT2D eigenvalue weighted by atomic mass is 10.1. The summed E-state index contributed by atoms with van der Waals surface area (Å²) in [6.45, 7) is 2.00. The summed E-state index contributed by atoms with van der Waals surface area (Å²) in [5, 5.41) is 3.30. The Morgan fingerprint density at radius 1 is 1.47 bits per heavy atom. The van der Waals surface area contributed by atoms with Gasteiger partial charge in [-0.15, -0.1) is 0 Å². The van der Waals surface area contributed by atoms with E-state index in [0.717, 1.165) is 25.3 Å². The third-order valence-corrected chi connectivity index (χ3v) is 2.48. The highest BCUT2D eigenvalue weighted by Crippen LogP contribution is 2.16. The molecule has 0 aromatic carbocycles. The second-order valence-electron chi connectivity index (χ2n) is 3.62. The quantitative estimate of drug-likeness (QED) is 0.811. The van der Waals surface area contributed by atoms with E-state index in [2.05, 4.69) is 10.3 Å². The number of nitrogens with one attached hydrogen (secondary N) is 1. The fourth-order valence-electron chi connectivity index (χ4n) is 1.65. The molecule has 4 nitrogen and oxygen atoms in total. The molecule has 1 fully saturated rings. The maximum atomic E-state index is 5.73. The van der Waals surface area contributed by atoms with Crippen molar-refractivity contribution in [1.82, 2.24) is 10.3 Å². The van der Waals surface area contributed by atoms with Crippen molar-refractivity contribution in [3.63, 3.8) is 0 Å². The van der Waals surface area contributed by atoms with Gasteiger partial charge in [0, 0.05) is 12.6 Å². The summed E-state index contributed by atoms with van der Waals surface area (Å²) in [7, 11) is 1.63. The highest BCUT2D eigenvalue weighted by Gasteiger charge is 2.14. The lowest BCUT2D eigenvalue weighted by molar-refractivity contribution is 0.160. The summed E-state index contributed by atoms with van der Waals surface area (Å²) in [6.07, 6.45) is 4.19. The van der Waals surface area contributed by atoms with Gasteiger partial charge in [0.25, 0.3) is 0 Å². The minimum Gasteiger partial charge on any atom is -0.495 e. The van der Waals surface area contributed by atoms with Gasteiger partial charge in [-0.1, -0.05) is 0 Å². The van der Waals surface area contributed by atoms with Crippen molar-refractivity contribution in [2.45, 2.75) is 18.9 Å². The summed E-state index contributed by atoms with van der Waals surface area (Å²) >= 11 is 0. The van der Waals surface area contributed by atoms with Crippen LogP contribution in [-0.2, 0) is 0 Å². The summed E-state index contributed by atoms with van der Waals surface area (Å²) in [5.41, 5.74) is 0. The van der Waals surface area contributed by atoms with Crippen LogP contribution in [0.25, 0.3) is 0 Å². The molecule has 4 heteroatoms. The van der Waals surface area contributed by atoms with Crippen LogP contribution in [0.2, 0.25) is 0 Å². The Kier molecular flexibility index (Phi) is 3.40. The van der Waals surface area contributed by atoms with E-state index >= 15 is 0 Å². The van der Waals surface area contributed by atoms with Crippen molar-refractivity contribution in [1.29, 1.82) is 0 Å². The van der Waals surface area contributed by atoms with Crippen LogP contribution in [-0.4, -0.2) is 31.3 Å². The molecule has 1 aromatic rings. The first-order valence-electron chi connectivity index (χ1n) is 5.26. The van der Waals surface area contributed by atoms with Crippen molar-refractivity contribution in [2.24, 2.45) is 0 Å². The van der Waals surface area contributed by atoms with Gasteiger partial charge < -0.3 is 14.8 Å². The van der Waals surface area contributed by atoms with Crippen LogP contribution < -0.4 is 14.8 Å². The summed E-state index contributed by atoms with van der Waals surface area (Å²) < 4.78 is 10.8. The summed E-state index contributed by atoms with van der Waals surface area (Å²) in [4.78, 5) is 4.17. The van der Waals surface area contributed by atoms with E-state index in [0.29, 0.717) is 5.88 Å². The highest BCUT2D eigenvalue weighted by molar-refractivity contribution is 5.22. The topological polar surface area (TPSA) is 43.4 Å². The largest absolute Gasteiger partial charge is 0.495 e. The van der Waals surface area contributed by atoms with Gasteiger partial charge in [0.2, 0.25) is 5.88 Å². The van der Waals surface area contributed by atoms with Gasteiger partial charge in [0.1, 0.15) is 11.9 Å². The molecule has 0 spiro atoms. The molecule has 82 valence electrons. The van der Waals surface area contributed by atoms with Crippen LogP contribution in [0, 0.1) is 0 Å². The molecule has 0 amide bonds. The average Bonchev–Trinajstić information content (AvgIpc) is 2.31. The second-order valence-corrected chi connectivity index (χ2v) is 3.62. The summed E-state index contributed by atoms with van der Waals surface area (Å²) in [6, 6.07) is 3.70. The molecule has 1 N–H and O–H groups in total. The Hall–Kier alpha value is -1.29. The molecule has 2 heterocycles. The monoisotopic (exact) mass is 208 g/mol. The molecular formula is C11H16N2O2. The molecular weight excluding hydrogens is 192 g/mol. The van der Waals surface area contributed by atoms with Crippen LogP contribution in [0.1, 0.15) is 12.8 Å². The Balaban J connectivity index is 1.91. The molecule has 0 bridgehead atoms. The maximum absolute atomic E-state index is 5.73. The highest BCUT2D eigenvalue weighted by atomic mass is 16.5. The first-order valence-corrected chi connectivity index (χ1v) is 5.26. The van der Waals surface area contributed by atoms with Gasteiger partial charge in [-0.25, -0.2) is 4.98 Å². The number of hydrogen-bond acceptors (Lipinski definition) is 4. The zero-order chi connectivity index (χ0) is 10.5. The second kappa shape index (κ2) is 4.98. The zero-order valence-electron chi connectivity index (χ0n) is 8.90. The van der Waals surface area contributed by atoms with Crippen molar-refractivity contribution < 1.29 is 9.47 Å². The number of rotatable bonds is 3. The van der Waals surface area contributed by atoms with E-state index in [1.54, 1.807) is 13.3 Å². The van der Waals surface area contributed by atoms with E-state index in [1.807, 2.05) is 12.1 Å². The SMILES string of the molecule is COc1ccc(O[C@H]2CCCNC2)nc1. The van der Waals surface area contributed by atoms with Gasteiger partial charge in [-0.3, -0.25) is 0 Å². The summed E-state index contributed by atoms with van der Waals surface area (Å²) in [5.74, 6) is 1.42. The standard InChI is InChI=1S/C11H16N2O2/c1-14-9-4-5-11(13-8-9)15-10-3-2-6-12-7-10/h4-5,8,10,12H,2-3,6-7H2,1H3/t10-/m0/s1. The number of ether oxygens (including phenoxy) is 2. The number of piperidine rings is 1. The first-order chi connectivity index (χ1) is 7.38. The first kappa shape index (κ1) is 10.2. The van der Waals surface area contributed by atoms with E-state index in [4.69, 9.17) is 9.47 Å². The predicted octanol–water partition coefficient (Wildman–Crippen LogP) is 1.22. The van der Waals surface area contributed by atoms with Crippen molar-refractivity contribution in [3.05, 3.63) is 18.3 Å². The minimum absolute atomic E-state index is 0.250. The minimum atomic E-state index is 0.250. The third kappa shape index (κ3) is 2.83. The van der Waals surface area contributed by atoms with Crippen LogP contribution in [0.5, 0.6) is 11.6 Å². The zero-order valence-corrected chi connectivity index (χ0v) is 8.90. The maximum Gasteiger partial charge on any atom is 0.213 e. The van der Waals surface area contributed by atoms with E-state index in [1.165, 1.54) is 6.42 Å². The Morgan fingerprint density at radius 2 is 2.40 bits per heavy atom. The molecule has 15 heavy (non-hydrogen) atoms. The third-order valence-electron chi connectivity index (χ3n) is 2.48. The number of aromatic nitrogens is 1. The van der Waals surface area contributed by atoms with Gasteiger partial charge in [0.15, 0.2) is 0 Å². The van der Waals surface area contributed by atoms with Crippen LogP contribution in [0.3, 0.4) is 0 Å². The number of nitrogens with zero attached hydrogens (tertiary/aromatic N) is 1. The molecule has 0 saturated carbocycles. The average molecular weight is 208 g/mol. The lowest BCUT2D eigenvalue weighted by Crippen LogP contribution is -2.37. The molecule has 0 unspecified atom stereocenters. The normalized spacial score (nSPS) is 21.0. The number of methoxy groups -OCH3 is 1. The van der Waals surface area contributed by atoms with Gasteiger partial charge >= 0.3 is 0 Å². The molecule has 1 aromatic heterocycles. The number of pyridine rings is 1. The van der Waals surface area contributed by atoms with Crippen LogP contribution in [0.15, 0.2) is 18.3 Å². The number of hydrogen-bond donors (Lipinski definition) is 1. The Labute approximate surface area is 89.6 Å². The van der Waals surface area contributed by atoms with Crippen LogP contribution in [0.4, 0.5) is 0 Å². The molecule has 1 atom stereocenters. The van der Waals surface area contributed by atoms with Crippen LogP contribution >= 0.6 is 0 Å². The lowest BCUT2D eigenvalue weighted by Gasteiger charge is -2.23. The van der Waals surface area contributed by atoms with Crippen molar-refractivity contribution in [2.75, 3.05) is 20.2 Å². The molecule has 1 aliphatic rings. The van der Waals surface area contributed by atoms with Crippen molar-refractivity contribution >= 4 is 0 Å². The molecule has 2 rings (SSSR count). The van der Waals surface area contributed by atoms with E-state index in [9.17, 15) is 0 Å². The van der Waals surface area contributed by atoms with Gasteiger partial charge in [-0.05, 0) is 25.5 Å². The molecule has 1 aliphatic heterocycles. The molecule has 0 aliphatic carbocycles. The molecule has 0 radical (unpaired) electrons. The Bertz CT molecular complexity index is 294. The van der Waals surface area contributed by atoms with E-state index < -0.39 is 0 Å². The molecule has 1 saturated heterocycles. The Morgan fingerprint density at radius 3 is 3.00 bits per heavy atom. The van der Waals surface area contributed by atoms with Gasteiger partial charge in [0.05, 0.1) is 13.3 Å². The van der Waals surface area contributed by atoms with Gasteiger partial charge in [-0.2, -0.15) is 0 Å². The fraction of sp³-hybridized carbons (Fsp3) is 0.545. The smallest absolute Gasteiger partial charge is 0.213 e. The van der Waals surface area contributed by atoms with E-state index in [-0.39, 0.29) is 6.10 Å². The van der Waals surface area contributed by atoms with Crippen molar-refractivity contribution in [3.8, 4) is 11.6 Å². The predicted molar refractivity (Wildman–Crippen MR) is 57.3 cm³/mol.